The lowest BCUT2D eigenvalue weighted by Gasteiger charge is -2.08. The van der Waals surface area contributed by atoms with Crippen molar-refractivity contribution in [1.29, 1.82) is 0 Å². The largest absolute Gasteiger partial charge is 0.358 e. The Morgan fingerprint density at radius 2 is 1.77 bits per heavy atom. The number of benzene rings is 2. The second-order valence-electron chi connectivity index (χ2n) is 7.18. The molecule has 0 radical (unpaired) electrons. The fraction of sp³-hybridized carbons (Fsp3) is 0.174. The van der Waals surface area contributed by atoms with Gasteiger partial charge < -0.3 is 10.3 Å². The number of hydroxylamine groups is 1. The van der Waals surface area contributed by atoms with Crippen LogP contribution in [0.15, 0.2) is 54.6 Å². The molecule has 7 heteroatoms. The van der Waals surface area contributed by atoms with E-state index in [9.17, 15) is 14.4 Å². The SMILES string of the molecule is CC(C)c1[nH]c2ccccc2c1C(=O)C(=O)NCc1ccc(C=CC(=O)NO)cc1. The van der Waals surface area contributed by atoms with Crippen LogP contribution in [0.25, 0.3) is 17.0 Å². The lowest BCUT2D eigenvalue weighted by molar-refractivity contribution is -0.124. The predicted molar refractivity (Wildman–Crippen MR) is 114 cm³/mol. The summed E-state index contributed by atoms with van der Waals surface area (Å²) in [6, 6.07) is 14.5. The summed E-state index contributed by atoms with van der Waals surface area (Å²) >= 11 is 0. The van der Waals surface area contributed by atoms with Crippen molar-refractivity contribution < 1.29 is 19.6 Å². The molecular weight excluding hydrogens is 382 g/mol. The maximum Gasteiger partial charge on any atom is 0.292 e. The van der Waals surface area contributed by atoms with E-state index in [1.165, 1.54) is 11.6 Å². The average Bonchev–Trinajstić information content (AvgIpc) is 3.16. The summed E-state index contributed by atoms with van der Waals surface area (Å²) in [5.41, 5.74) is 5.08. The third-order valence-electron chi connectivity index (χ3n) is 4.72. The lowest BCUT2D eigenvalue weighted by atomic mass is 9.99. The third-order valence-corrected chi connectivity index (χ3v) is 4.72. The molecule has 0 aliphatic carbocycles. The third kappa shape index (κ3) is 4.64. The highest BCUT2D eigenvalue weighted by Crippen LogP contribution is 2.28. The maximum atomic E-state index is 12.9. The fourth-order valence-corrected chi connectivity index (χ4v) is 3.17. The Labute approximate surface area is 173 Å². The molecule has 1 aromatic heterocycles. The minimum Gasteiger partial charge on any atom is -0.358 e. The molecule has 0 fully saturated rings. The van der Waals surface area contributed by atoms with Gasteiger partial charge in [-0.1, -0.05) is 56.3 Å². The number of para-hydroxylation sites is 1. The molecule has 4 N–H and O–H groups in total. The number of aromatic nitrogens is 1. The first-order chi connectivity index (χ1) is 14.4. The van der Waals surface area contributed by atoms with Crippen LogP contribution < -0.4 is 10.8 Å². The summed E-state index contributed by atoms with van der Waals surface area (Å²) in [6.07, 6.45) is 2.74. The van der Waals surface area contributed by atoms with Crippen LogP contribution in [0.5, 0.6) is 0 Å². The number of amides is 2. The second-order valence-corrected chi connectivity index (χ2v) is 7.18. The Morgan fingerprint density at radius 3 is 2.43 bits per heavy atom. The van der Waals surface area contributed by atoms with Crippen LogP contribution in [0.3, 0.4) is 0 Å². The molecule has 7 nitrogen and oxygen atoms in total. The quantitative estimate of drug-likeness (QED) is 0.159. The zero-order valence-corrected chi connectivity index (χ0v) is 16.7. The van der Waals surface area contributed by atoms with Gasteiger partial charge in [-0.25, -0.2) is 5.48 Å². The number of hydrogen-bond donors (Lipinski definition) is 4. The number of carbonyl (C=O) groups is 3. The summed E-state index contributed by atoms with van der Waals surface area (Å²) < 4.78 is 0. The number of carbonyl (C=O) groups excluding carboxylic acids is 3. The highest BCUT2D eigenvalue weighted by atomic mass is 16.5. The molecule has 2 aromatic carbocycles. The van der Waals surface area contributed by atoms with Gasteiger partial charge in [0.15, 0.2) is 0 Å². The van der Waals surface area contributed by atoms with E-state index in [1.807, 2.05) is 38.1 Å². The first-order valence-corrected chi connectivity index (χ1v) is 9.55. The monoisotopic (exact) mass is 405 g/mol. The van der Waals surface area contributed by atoms with Crippen molar-refractivity contribution in [3.8, 4) is 0 Å². The number of fused-ring (bicyclic) bond motifs is 1. The van der Waals surface area contributed by atoms with E-state index in [-0.39, 0.29) is 12.5 Å². The highest BCUT2D eigenvalue weighted by Gasteiger charge is 2.25. The van der Waals surface area contributed by atoms with Gasteiger partial charge >= 0.3 is 0 Å². The van der Waals surface area contributed by atoms with Gasteiger partial charge in [-0.3, -0.25) is 19.6 Å². The first-order valence-electron chi connectivity index (χ1n) is 9.55. The molecular formula is C23H23N3O4. The molecule has 154 valence electrons. The average molecular weight is 405 g/mol. The molecule has 0 saturated heterocycles. The van der Waals surface area contributed by atoms with Crippen LogP contribution in [-0.2, 0) is 16.1 Å². The van der Waals surface area contributed by atoms with Crippen molar-refractivity contribution in [2.45, 2.75) is 26.3 Å². The van der Waals surface area contributed by atoms with Crippen molar-refractivity contribution in [2.24, 2.45) is 0 Å². The van der Waals surface area contributed by atoms with Gasteiger partial charge in [0.1, 0.15) is 0 Å². The summed E-state index contributed by atoms with van der Waals surface area (Å²) in [5.74, 6) is -1.78. The number of H-pyrrole nitrogens is 1. The van der Waals surface area contributed by atoms with E-state index >= 15 is 0 Å². The Morgan fingerprint density at radius 1 is 1.07 bits per heavy atom. The summed E-state index contributed by atoms with van der Waals surface area (Å²) in [6.45, 7) is 4.14. The van der Waals surface area contributed by atoms with Crippen LogP contribution >= 0.6 is 0 Å². The highest BCUT2D eigenvalue weighted by molar-refractivity contribution is 6.45. The van der Waals surface area contributed by atoms with Crippen molar-refractivity contribution in [3.05, 3.63) is 77.0 Å². The van der Waals surface area contributed by atoms with Crippen LogP contribution in [0.4, 0.5) is 0 Å². The van der Waals surface area contributed by atoms with Crippen molar-refractivity contribution in [3.63, 3.8) is 0 Å². The smallest absolute Gasteiger partial charge is 0.292 e. The fourth-order valence-electron chi connectivity index (χ4n) is 3.17. The molecule has 0 spiro atoms. The Balaban J connectivity index is 1.71. The number of nitrogens with one attached hydrogen (secondary N) is 3. The number of Topliss-reactive ketones (excluding diaryl/α,β-unsaturated/α-hetero) is 1. The number of rotatable bonds is 7. The van der Waals surface area contributed by atoms with Gasteiger partial charge in [0.2, 0.25) is 0 Å². The van der Waals surface area contributed by atoms with E-state index in [0.29, 0.717) is 5.56 Å². The van der Waals surface area contributed by atoms with Crippen LogP contribution in [0.2, 0.25) is 0 Å². The van der Waals surface area contributed by atoms with Gasteiger partial charge in [0.05, 0.1) is 5.56 Å². The summed E-state index contributed by atoms with van der Waals surface area (Å²) in [5, 5.41) is 11.9. The second kappa shape index (κ2) is 9.19. The topological polar surface area (TPSA) is 111 Å². The van der Waals surface area contributed by atoms with Crippen LogP contribution in [0, 0.1) is 0 Å². The van der Waals surface area contributed by atoms with Crippen molar-refractivity contribution >= 4 is 34.6 Å². The van der Waals surface area contributed by atoms with Crippen molar-refractivity contribution in [1.82, 2.24) is 15.8 Å². The van der Waals surface area contributed by atoms with E-state index < -0.39 is 17.6 Å². The lowest BCUT2D eigenvalue weighted by Crippen LogP contribution is -2.31. The minimum absolute atomic E-state index is 0.0673. The van der Waals surface area contributed by atoms with Crippen molar-refractivity contribution in [2.75, 3.05) is 0 Å². The maximum absolute atomic E-state index is 12.9. The van der Waals surface area contributed by atoms with Crippen LogP contribution in [0.1, 0.15) is 46.9 Å². The molecule has 2 amide bonds. The molecule has 1 heterocycles. The Bertz CT molecular complexity index is 1110. The van der Waals surface area contributed by atoms with Crippen LogP contribution in [-0.4, -0.2) is 27.8 Å². The molecule has 3 aromatic rings. The predicted octanol–water partition coefficient (Wildman–Crippen LogP) is 3.31. The van der Waals surface area contributed by atoms with E-state index in [1.54, 1.807) is 30.3 Å². The molecule has 3 rings (SSSR count). The number of aromatic amines is 1. The molecule has 0 aliphatic heterocycles. The van der Waals surface area contributed by atoms with Gasteiger partial charge in [0.25, 0.3) is 17.6 Å². The standard InChI is InChI=1S/C23H23N3O4/c1-14(2)21-20(17-5-3-4-6-18(17)25-21)22(28)23(29)24-13-16-9-7-15(8-10-16)11-12-19(27)26-30/h3-12,14,25,30H,13H2,1-2H3,(H,24,29)(H,26,27). The van der Waals surface area contributed by atoms with E-state index in [4.69, 9.17) is 5.21 Å². The normalized spacial score (nSPS) is 11.2. The molecule has 0 bridgehead atoms. The minimum atomic E-state index is -0.662. The summed E-state index contributed by atoms with van der Waals surface area (Å²) in [4.78, 5) is 39.7. The number of ketones is 1. The molecule has 0 unspecified atom stereocenters. The van der Waals surface area contributed by atoms with Gasteiger partial charge in [0, 0.05) is 29.2 Å². The van der Waals surface area contributed by atoms with Gasteiger partial charge in [-0.05, 0) is 29.2 Å². The van der Waals surface area contributed by atoms with Gasteiger partial charge in [-0.15, -0.1) is 0 Å². The molecule has 30 heavy (non-hydrogen) atoms. The molecule has 0 aliphatic rings. The van der Waals surface area contributed by atoms with Gasteiger partial charge in [-0.2, -0.15) is 0 Å². The Hall–Kier alpha value is -3.71. The van der Waals surface area contributed by atoms with E-state index in [2.05, 4.69) is 10.3 Å². The zero-order chi connectivity index (χ0) is 21.7. The first kappa shape index (κ1) is 21.0. The zero-order valence-electron chi connectivity index (χ0n) is 16.7. The Kier molecular flexibility index (Phi) is 6.44. The number of hydrogen-bond acceptors (Lipinski definition) is 4. The molecule has 0 saturated carbocycles. The molecule has 0 atom stereocenters. The summed E-state index contributed by atoms with van der Waals surface area (Å²) in [7, 11) is 0. The van der Waals surface area contributed by atoms with E-state index in [0.717, 1.165) is 27.7 Å².